The van der Waals surface area contributed by atoms with E-state index < -0.39 is 28.5 Å². The molecule has 0 bridgehead atoms. The van der Waals surface area contributed by atoms with E-state index in [2.05, 4.69) is 5.32 Å². The molecule has 0 saturated heterocycles. The Balaban J connectivity index is 2.08. The van der Waals surface area contributed by atoms with E-state index in [4.69, 9.17) is 21.1 Å². The molecule has 0 spiro atoms. The van der Waals surface area contributed by atoms with Gasteiger partial charge in [0, 0.05) is 23.7 Å². The van der Waals surface area contributed by atoms with E-state index in [1.807, 2.05) is 20.8 Å². The lowest BCUT2D eigenvalue weighted by Crippen LogP contribution is -2.52. The molecule has 3 aromatic carbocycles. The predicted molar refractivity (Wildman–Crippen MR) is 165 cm³/mol. The summed E-state index contributed by atoms with van der Waals surface area (Å²) in [5.41, 5.74) is 1.82. The van der Waals surface area contributed by atoms with Gasteiger partial charge in [-0.3, -0.25) is 13.9 Å². The lowest BCUT2D eigenvalue weighted by atomic mass is 10.1. The first-order valence-electron chi connectivity index (χ1n) is 13.6. The van der Waals surface area contributed by atoms with Crippen LogP contribution in [0.2, 0.25) is 5.02 Å². The summed E-state index contributed by atoms with van der Waals surface area (Å²) in [6.45, 7) is 6.80. The van der Waals surface area contributed by atoms with Gasteiger partial charge in [0.05, 0.1) is 24.8 Å². The second-order valence-electron chi connectivity index (χ2n) is 10.0. The van der Waals surface area contributed by atoms with E-state index >= 15 is 0 Å². The number of carbonyl (C=O) groups excluding carboxylic acids is 2. The standard InChI is InChI=1S/C31H38ClN3O6S/c1-7-22(3)33-31(37)23(4)34(19-24-10-12-25(32)13-11-24)30(36)20-35(26-14-17-28(40-5)29(18-26)41-6)42(38,39)27-15-8-21(2)9-16-27/h8-18,22-23H,7,19-20H2,1-6H3,(H,33,37)/t22-,23-/m0/s1. The summed E-state index contributed by atoms with van der Waals surface area (Å²) in [6, 6.07) is 16.9. The maximum Gasteiger partial charge on any atom is 0.264 e. The van der Waals surface area contributed by atoms with Crippen molar-refractivity contribution in [2.45, 2.75) is 57.6 Å². The summed E-state index contributed by atoms with van der Waals surface area (Å²) in [6.07, 6.45) is 0.714. The average molecular weight is 616 g/mol. The SMILES string of the molecule is CC[C@H](C)NC(=O)[C@H](C)N(Cc1ccc(Cl)cc1)C(=O)CN(c1ccc(OC)c(OC)c1)S(=O)(=O)c1ccc(C)cc1. The normalized spacial score (nSPS) is 12.6. The zero-order valence-corrected chi connectivity index (χ0v) is 26.3. The van der Waals surface area contributed by atoms with Crippen LogP contribution in [-0.4, -0.2) is 58.0 Å². The van der Waals surface area contributed by atoms with E-state index in [1.165, 1.54) is 37.3 Å². The molecule has 0 aliphatic rings. The van der Waals surface area contributed by atoms with Crippen molar-refractivity contribution >= 4 is 39.1 Å². The molecule has 0 aliphatic heterocycles. The molecule has 0 aliphatic carbocycles. The largest absolute Gasteiger partial charge is 0.493 e. The van der Waals surface area contributed by atoms with Gasteiger partial charge in [0.25, 0.3) is 10.0 Å². The minimum Gasteiger partial charge on any atom is -0.493 e. The smallest absolute Gasteiger partial charge is 0.264 e. The maximum atomic E-state index is 14.1. The molecule has 3 rings (SSSR count). The minimum atomic E-state index is -4.22. The Morgan fingerprint density at radius 1 is 0.929 bits per heavy atom. The molecule has 226 valence electrons. The number of methoxy groups -OCH3 is 2. The lowest BCUT2D eigenvalue weighted by molar-refractivity contribution is -0.139. The Bertz CT molecular complexity index is 1480. The lowest BCUT2D eigenvalue weighted by Gasteiger charge is -2.32. The Hall–Kier alpha value is -3.76. The van der Waals surface area contributed by atoms with Crippen LogP contribution in [0.4, 0.5) is 5.69 Å². The third-order valence-electron chi connectivity index (χ3n) is 6.98. The highest BCUT2D eigenvalue weighted by molar-refractivity contribution is 7.92. The number of anilines is 1. The van der Waals surface area contributed by atoms with Crippen LogP contribution >= 0.6 is 11.6 Å². The summed E-state index contributed by atoms with van der Waals surface area (Å²) in [5.74, 6) is -0.209. The van der Waals surface area contributed by atoms with Crippen LogP contribution < -0.4 is 19.1 Å². The van der Waals surface area contributed by atoms with E-state index in [-0.39, 0.29) is 29.1 Å². The molecule has 3 aromatic rings. The molecular formula is C31H38ClN3O6S. The van der Waals surface area contributed by atoms with Crippen molar-refractivity contribution in [1.82, 2.24) is 10.2 Å². The number of ether oxygens (including phenoxy) is 2. The monoisotopic (exact) mass is 615 g/mol. The Kier molecular flexibility index (Phi) is 11.2. The molecule has 0 fully saturated rings. The van der Waals surface area contributed by atoms with Crippen LogP contribution in [0.3, 0.4) is 0 Å². The van der Waals surface area contributed by atoms with Gasteiger partial charge < -0.3 is 19.7 Å². The van der Waals surface area contributed by atoms with E-state index in [1.54, 1.807) is 55.5 Å². The first-order valence-corrected chi connectivity index (χ1v) is 15.4. The number of halogens is 1. The second kappa shape index (κ2) is 14.4. The third kappa shape index (κ3) is 7.95. The van der Waals surface area contributed by atoms with Gasteiger partial charge in [-0.25, -0.2) is 8.42 Å². The van der Waals surface area contributed by atoms with Crippen LogP contribution in [0.1, 0.15) is 38.3 Å². The van der Waals surface area contributed by atoms with Gasteiger partial charge in [0.15, 0.2) is 11.5 Å². The summed E-state index contributed by atoms with van der Waals surface area (Å²) < 4.78 is 39.8. The number of sulfonamides is 1. The second-order valence-corrected chi connectivity index (χ2v) is 12.3. The van der Waals surface area contributed by atoms with Crippen molar-refractivity contribution in [2.75, 3.05) is 25.1 Å². The molecule has 0 aromatic heterocycles. The molecule has 11 heteroatoms. The Morgan fingerprint density at radius 3 is 2.12 bits per heavy atom. The van der Waals surface area contributed by atoms with Crippen molar-refractivity contribution < 1.29 is 27.5 Å². The summed E-state index contributed by atoms with van der Waals surface area (Å²) in [7, 11) is -1.30. The topological polar surface area (TPSA) is 105 Å². The van der Waals surface area contributed by atoms with Gasteiger partial charge in [-0.15, -0.1) is 0 Å². The maximum absolute atomic E-state index is 14.1. The Morgan fingerprint density at radius 2 is 1.55 bits per heavy atom. The van der Waals surface area contributed by atoms with Crippen LogP contribution in [0.15, 0.2) is 71.6 Å². The molecule has 42 heavy (non-hydrogen) atoms. The van der Waals surface area contributed by atoms with Gasteiger partial charge in [0.2, 0.25) is 11.8 Å². The Labute approximate surface area is 253 Å². The molecule has 0 unspecified atom stereocenters. The van der Waals surface area contributed by atoms with E-state index in [0.717, 1.165) is 15.4 Å². The molecular weight excluding hydrogens is 578 g/mol. The van der Waals surface area contributed by atoms with Crippen molar-refractivity contribution in [3.8, 4) is 11.5 Å². The zero-order valence-electron chi connectivity index (χ0n) is 24.8. The van der Waals surface area contributed by atoms with Crippen molar-refractivity contribution in [3.63, 3.8) is 0 Å². The highest BCUT2D eigenvalue weighted by atomic mass is 35.5. The average Bonchev–Trinajstić information content (AvgIpc) is 2.98. The molecule has 0 saturated carbocycles. The number of aryl methyl sites for hydroxylation is 1. The molecule has 0 radical (unpaired) electrons. The van der Waals surface area contributed by atoms with Gasteiger partial charge in [-0.2, -0.15) is 0 Å². The summed E-state index contributed by atoms with van der Waals surface area (Å²) in [4.78, 5) is 28.6. The van der Waals surface area contributed by atoms with Gasteiger partial charge in [0.1, 0.15) is 12.6 Å². The molecule has 2 atom stereocenters. The van der Waals surface area contributed by atoms with Gasteiger partial charge >= 0.3 is 0 Å². The summed E-state index contributed by atoms with van der Waals surface area (Å²) >= 11 is 6.06. The number of hydrogen-bond donors (Lipinski definition) is 1. The fraction of sp³-hybridized carbons (Fsp3) is 0.355. The van der Waals surface area contributed by atoms with Crippen LogP contribution in [0.25, 0.3) is 0 Å². The number of nitrogens with zero attached hydrogens (tertiary/aromatic N) is 2. The number of benzene rings is 3. The fourth-order valence-electron chi connectivity index (χ4n) is 4.18. The third-order valence-corrected chi connectivity index (χ3v) is 9.02. The number of carbonyl (C=O) groups is 2. The first kappa shape index (κ1) is 32.8. The molecule has 1 N–H and O–H groups in total. The van der Waals surface area contributed by atoms with Crippen molar-refractivity contribution in [1.29, 1.82) is 0 Å². The van der Waals surface area contributed by atoms with Crippen molar-refractivity contribution in [3.05, 3.63) is 82.9 Å². The van der Waals surface area contributed by atoms with Crippen LogP contribution in [-0.2, 0) is 26.2 Å². The van der Waals surface area contributed by atoms with Gasteiger partial charge in [-0.1, -0.05) is 48.4 Å². The van der Waals surface area contributed by atoms with Crippen molar-refractivity contribution in [2.24, 2.45) is 0 Å². The van der Waals surface area contributed by atoms with E-state index in [9.17, 15) is 18.0 Å². The number of amides is 2. The van der Waals surface area contributed by atoms with Gasteiger partial charge in [-0.05, 0) is 69.2 Å². The quantitative estimate of drug-likeness (QED) is 0.284. The zero-order chi connectivity index (χ0) is 31.0. The fourth-order valence-corrected chi connectivity index (χ4v) is 5.71. The number of rotatable bonds is 13. The summed E-state index contributed by atoms with van der Waals surface area (Å²) in [5, 5.41) is 3.45. The van der Waals surface area contributed by atoms with Crippen LogP contribution in [0, 0.1) is 6.92 Å². The highest BCUT2D eigenvalue weighted by Gasteiger charge is 2.33. The highest BCUT2D eigenvalue weighted by Crippen LogP contribution is 2.34. The molecule has 0 heterocycles. The number of nitrogens with one attached hydrogen (secondary N) is 1. The number of hydrogen-bond acceptors (Lipinski definition) is 6. The van der Waals surface area contributed by atoms with E-state index in [0.29, 0.717) is 22.9 Å². The molecule has 2 amide bonds. The van der Waals surface area contributed by atoms with Crippen LogP contribution in [0.5, 0.6) is 11.5 Å². The minimum absolute atomic E-state index is 0.0162. The first-order chi connectivity index (χ1) is 19.9. The predicted octanol–water partition coefficient (Wildman–Crippen LogP) is 5.19. The molecule has 9 nitrogen and oxygen atoms in total.